The zero-order valence-corrected chi connectivity index (χ0v) is 13.9. The molecule has 1 aliphatic rings. The highest BCUT2D eigenvalue weighted by Gasteiger charge is 2.48. The van der Waals surface area contributed by atoms with Crippen molar-refractivity contribution in [2.24, 2.45) is 14.1 Å². The molecule has 2 aromatic rings. The van der Waals surface area contributed by atoms with Crippen molar-refractivity contribution in [3.8, 4) is 0 Å². The van der Waals surface area contributed by atoms with E-state index in [-0.39, 0.29) is 11.4 Å². The quantitative estimate of drug-likeness (QED) is 0.639. The number of nitro groups is 2. The summed E-state index contributed by atoms with van der Waals surface area (Å²) in [4.78, 5) is 22.1. The minimum Gasteiger partial charge on any atom is -0.315 e. The lowest BCUT2D eigenvalue weighted by Crippen LogP contribution is -2.42. The third kappa shape index (κ3) is 2.65. The van der Waals surface area contributed by atoms with E-state index in [1.807, 2.05) is 6.42 Å². The first-order valence-corrected chi connectivity index (χ1v) is 7.74. The van der Waals surface area contributed by atoms with Crippen molar-refractivity contribution in [2.75, 3.05) is 13.1 Å². The molecular weight excluding hydrogens is 330 g/mol. The van der Waals surface area contributed by atoms with Crippen molar-refractivity contribution in [1.29, 1.82) is 0 Å². The highest BCUT2D eigenvalue weighted by atomic mass is 16.6. The van der Waals surface area contributed by atoms with Crippen LogP contribution in [0, 0.1) is 26.6 Å². The second-order valence-corrected chi connectivity index (χ2v) is 6.06. The Balaban J connectivity index is 2.34. The van der Waals surface area contributed by atoms with E-state index in [0.717, 1.165) is 6.42 Å². The molecule has 25 heavy (non-hydrogen) atoms. The molecule has 0 saturated carbocycles. The summed E-state index contributed by atoms with van der Waals surface area (Å²) in [5.74, 6) is 0. The van der Waals surface area contributed by atoms with E-state index in [1.165, 1.54) is 21.8 Å². The number of nitrogens with zero attached hydrogens (tertiary/aromatic N) is 6. The SMILES string of the molecule is Cn1ncc([N+](=O)[O-])c1C1(c2c([N+](=O)[O-])cnn2C)C[CH]CCNC1. The summed E-state index contributed by atoms with van der Waals surface area (Å²) in [5, 5.41) is 34.4. The summed E-state index contributed by atoms with van der Waals surface area (Å²) in [5.41, 5.74) is -0.674. The first-order valence-electron chi connectivity index (χ1n) is 7.74. The molecule has 1 saturated heterocycles. The minimum atomic E-state index is -1.02. The van der Waals surface area contributed by atoms with Crippen LogP contribution in [0.3, 0.4) is 0 Å². The molecule has 0 aromatic carbocycles. The number of rotatable bonds is 4. The molecule has 0 aliphatic carbocycles. The number of nitrogens with one attached hydrogen (secondary N) is 1. The molecular formula is C14H18N7O4. The van der Waals surface area contributed by atoms with Crippen molar-refractivity contribution in [1.82, 2.24) is 24.9 Å². The Morgan fingerprint density at radius 3 is 2.08 bits per heavy atom. The van der Waals surface area contributed by atoms with Gasteiger partial charge in [-0.2, -0.15) is 10.2 Å². The van der Waals surface area contributed by atoms with Crippen molar-refractivity contribution in [3.05, 3.63) is 50.4 Å². The van der Waals surface area contributed by atoms with Crippen LogP contribution in [0.1, 0.15) is 24.2 Å². The van der Waals surface area contributed by atoms with Crippen LogP contribution in [0.2, 0.25) is 0 Å². The number of aryl methyl sites for hydroxylation is 2. The second-order valence-electron chi connectivity index (χ2n) is 6.06. The summed E-state index contributed by atoms with van der Waals surface area (Å²) in [7, 11) is 3.22. The standard InChI is InChI=1S/C14H18N7O4/c1-18-12(10(7-16-18)20(22)23)14(5-3-4-6-15-9-14)13-11(21(24)25)8-17-19(13)2/h3,7-8,15H,4-6,9H2,1-2H3. The Labute approximate surface area is 142 Å². The molecule has 1 N–H and O–H groups in total. The molecule has 0 amide bonds. The molecule has 1 aliphatic heterocycles. The van der Waals surface area contributed by atoms with Crippen molar-refractivity contribution in [2.45, 2.75) is 18.3 Å². The van der Waals surface area contributed by atoms with Crippen LogP contribution in [-0.4, -0.2) is 42.5 Å². The molecule has 0 unspecified atom stereocenters. The lowest BCUT2D eigenvalue weighted by molar-refractivity contribution is -0.387. The molecule has 0 atom stereocenters. The smallest absolute Gasteiger partial charge is 0.311 e. The van der Waals surface area contributed by atoms with Crippen LogP contribution in [0.4, 0.5) is 11.4 Å². The zero-order valence-electron chi connectivity index (χ0n) is 13.9. The van der Waals surface area contributed by atoms with Gasteiger partial charge in [0.05, 0.1) is 15.3 Å². The maximum atomic E-state index is 11.5. The molecule has 3 rings (SSSR count). The third-order valence-electron chi connectivity index (χ3n) is 4.58. The largest absolute Gasteiger partial charge is 0.315 e. The number of aromatic nitrogens is 4. The molecule has 133 valence electrons. The summed E-state index contributed by atoms with van der Waals surface area (Å²) in [6, 6.07) is 0. The van der Waals surface area contributed by atoms with E-state index in [2.05, 4.69) is 15.5 Å². The van der Waals surface area contributed by atoms with E-state index in [4.69, 9.17) is 0 Å². The highest BCUT2D eigenvalue weighted by molar-refractivity contribution is 5.52. The Kier molecular flexibility index (Phi) is 4.25. The van der Waals surface area contributed by atoms with Gasteiger partial charge in [0.1, 0.15) is 23.8 Å². The minimum absolute atomic E-state index is 0.157. The predicted octanol–water partition coefficient (Wildman–Crippen LogP) is 0.844. The second kappa shape index (κ2) is 6.24. The first-order chi connectivity index (χ1) is 11.9. The highest BCUT2D eigenvalue weighted by Crippen LogP contribution is 2.44. The third-order valence-corrected chi connectivity index (χ3v) is 4.58. The monoisotopic (exact) mass is 348 g/mol. The number of hydrogen-bond acceptors (Lipinski definition) is 7. The van der Waals surface area contributed by atoms with Crippen LogP contribution >= 0.6 is 0 Å². The summed E-state index contributed by atoms with van der Waals surface area (Å²) < 4.78 is 2.85. The molecule has 1 radical (unpaired) electrons. The van der Waals surface area contributed by atoms with Crippen LogP contribution in [-0.2, 0) is 19.5 Å². The van der Waals surface area contributed by atoms with Crippen LogP contribution in [0.5, 0.6) is 0 Å². The van der Waals surface area contributed by atoms with Crippen LogP contribution in [0.25, 0.3) is 0 Å². The van der Waals surface area contributed by atoms with Crippen LogP contribution < -0.4 is 5.32 Å². The zero-order chi connectivity index (χ0) is 18.2. The molecule has 11 heteroatoms. The normalized spacial score (nSPS) is 17.2. The fourth-order valence-corrected chi connectivity index (χ4v) is 3.63. The van der Waals surface area contributed by atoms with E-state index < -0.39 is 15.3 Å². The van der Waals surface area contributed by atoms with Gasteiger partial charge >= 0.3 is 11.4 Å². The van der Waals surface area contributed by atoms with E-state index in [1.54, 1.807) is 14.1 Å². The Hall–Kier alpha value is -2.82. The van der Waals surface area contributed by atoms with Gasteiger partial charge in [-0.15, -0.1) is 0 Å². The fraction of sp³-hybridized carbons (Fsp3) is 0.500. The molecule has 2 aromatic heterocycles. The lowest BCUT2D eigenvalue weighted by atomic mass is 9.75. The Morgan fingerprint density at radius 1 is 1.08 bits per heavy atom. The predicted molar refractivity (Wildman–Crippen MR) is 86.9 cm³/mol. The van der Waals surface area contributed by atoms with Gasteiger partial charge in [-0.3, -0.25) is 29.6 Å². The summed E-state index contributed by atoms with van der Waals surface area (Å²) in [6.07, 6.45) is 5.53. The van der Waals surface area contributed by atoms with Gasteiger partial charge in [0.15, 0.2) is 0 Å². The van der Waals surface area contributed by atoms with Crippen molar-refractivity contribution < 1.29 is 9.85 Å². The van der Waals surface area contributed by atoms with Gasteiger partial charge < -0.3 is 5.32 Å². The number of hydrogen-bond donors (Lipinski definition) is 1. The Bertz CT molecular complexity index is 757. The molecule has 0 bridgehead atoms. The van der Waals surface area contributed by atoms with E-state index in [0.29, 0.717) is 30.9 Å². The van der Waals surface area contributed by atoms with Gasteiger partial charge in [0.2, 0.25) is 0 Å². The van der Waals surface area contributed by atoms with Gasteiger partial charge in [-0.1, -0.05) is 0 Å². The summed E-state index contributed by atoms with van der Waals surface area (Å²) in [6.45, 7) is 1.00. The first kappa shape index (κ1) is 17.0. The topological polar surface area (TPSA) is 134 Å². The average Bonchev–Trinajstić information content (AvgIpc) is 3.04. The van der Waals surface area contributed by atoms with Gasteiger partial charge in [0.25, 0.3) is 0 Å². The van der Waals surface area contributed by atoms with E-state index >= 15 is 0 Å². The lowest BCUT2D eigenvalue weighted by Gasteiger charge is -2.31. The molecule has 1 fully saturated rings. The Morgan fingerprint density at radius 2 is 1.60 bits per heavy atom. The molecule has 11 nitrogen and oxygen atoms in total. The fourth-order valence-electron chi connectivity index (χ4n) is 3.63. The van der Waals surface area contributed by atoms with Crippen molar-refractivity contribution >= 4 is 11.4 Å². The van der Waals surface area contributed by atoms with Crippen LogP contribution in [0.15, 0.2) is 12.4 Å². The van der Waals surface area contributed by atoms with Gasteiger partial charge in [-0.05, 0) is 25.8 Å². The van der Waals surface area contributed by atoms with Gasteiger partial charge in [-0.25, -0.2) is 0 Å². The van der Waals surface area contributed by atoms with Gasteiger partial charge in [0, 0.05) is 20.6 Å². The van der Waals surface area contributed by atoms with E-state index in [9.17, 15) is 20.2 Å². The molecule has 0 spiro atoms. The average molecular weight is 348 g/mol. The summed E-state index contributed by atoms with van der Waals surface area (Å²) >= 11 is 0. The van der Waals surface area contributed by atoms with Crippen molar-refractivity contribution in [3.63, 3.8) is 0 Å². The maximum absolute atomic E-state index is 11.5. The molecule has 3 heterocycles. The maximum Gasteiger partial charge on any atom is 0.311 e.